The van der Waals surface area contributed by atoms with E-state index in [4.69, 9.17) is 5.11 Å². The molecule has 0 amide bonds. The minimum Gasteiger partial charge on any atom is -0.481 e. The van der Waals surface area contributed by atoms with E-state index in [1.807, 2.05) is 17.7 Å². The molecule has 0 atom stereocenters. The van der Waals surface area contributed by atoms with Crippen LogP contribution >= 0.6 is 11.3 Å². The van der Waals surface area contributed by atoms with Gasteiger partial charge < -0.3 is 5.11 Å². The molecule has 0 saturated heterocycles. The molecular weight excluding hydrogens is 276 g/mol. The number of hydrogen-bond acceptors (Lipinski definition) is 4. The first-order valence-electron chi connectivity index (χ1n) is 6.20. The van der Waals surface area contributed by atoms with Crippen LogP contribution in [0.3, 0.4) is 0 Å². The molecule has 0 aliphatic heterocycles. The molecule has 2 aromatic heterocycles. The Morgan fingerprint density at radius 3 is 2.60 bits per heavy atom. The van der Waals surface area contributed by atoms with E-state index in [9.17, 15) is 9.59 Å². The molecule has 5 nitrogen and oxygen atoms in total. The lowest BCUT2D eigenvalue weighted by Crippen LogP contribution is -2.29. The van der Waals surface area contributed by atoms with Gasteiger partial charge in [0.1, 0.15) is 0 Å². The molecule has 2 aromatic rings. The zero-order valence-corrected chi connectivity index (χ0v) is 12.5. The number of carboxylic acids is 1. The molecule has 0 aliphatic carbocycles. The van der Waals surface area contributed by atoms with Crippen LogP contribution in [-0.4, -0.2) is 20.6 Å². The minimum absolute atomic E-state index is 0.117. The Hall–Kier alpha value is -1.95. The van der Waals surface area contributed by atoms with Crippen LogP contribution in [0.1, 0.15) is 28.1 Å². The standard InChI is InChI=1S/C14H16N2O3S/c1-8-6-20-7-11(8)5-16-10(3)12(4-13(17)18)9(2)15-14(16)19/h6-7H,4-5H2,1-3H3,(H,17,18). The smallest absolute Gasteiger partial charge is 0.348 e. The van der Waals surface area contributed by atoms with Crippen molar-refractivity contribution >= 4 is 17.3 Å². The number of hydrogen-bond donors (Lipinski definition) is 1. The van der Waals surface area contributed by atoms with Crippen LogP contribution in [-0.2, 0) is 17.8 Å². The summed E-state index contributed by atoms with van der Waals surface area (Å²) >= 11 is 1.59. The van der Waals surface area contributed by atoms with E-state index >= 15 is 0 Å². The number of aryl methyl sites for hydroxylation is 2. The van der Waals surface area contributed by atoms with Crippen molar-refractivity contribution in [1.82, 2.24) is 9.55 Å². The Balaban J connectivity index is 2.50. The molecule has 20 heavy (non-hydrogen) atoms. The maximum Gasteiger partial charge on any atom is 0.348 e. The summed E-state index contributed by atoms with van der Waals surface area (Å²) in [5.41, 5.74) is 3.64. The SMILES string of the molecule is Cc1cscc1Cn1c(C)c(CC(=O)O)c(C)nc1=O. The maximum absolute atomic E-state index is 12.0. The third kappa shape index (κ3) is 2.80. The summed E-state index contributed by atoms with van der Waals surface area (Å²) in [5.74, 6) is -0.921. The van der Waals surface area contributed by atoms with Crippen LogP contribution in [0.15, 0.2) is 15.6 Å². The van der Waals surface area contributed by atoms with Gasteiger partial charge in [-0.2, -0.15) is 16.3 Å². The molecule has 0 aromatic carbocycles. The number of aromatic nitrogens is 2. The molecule has 1 N–H and O–H groups in total. The molecular formula is C14H16N2O3S. The minimum atomic E-state index is -0.921. The Morgan fingerprint density at radius 1 is 1.35 bits per heavy atom. The van der Waals surface area contributed by atoms with E-state index < -0.39 is 5.97 Å². The Morgan fingerprint density at radius 2 is 2.05 bits per heavy atom. The highest BCUT2D eigenvalue weighted by Gasteiger charge is 2.15. The molecule has 6 heteroatoms. The predicted molar refractivity (Wildman–Crippen MR) is 77.5 cm³/mol. The summed E-state index contributed by atoms with van der Waals surface area (Å²) < 4.78 is 1.54. The van der Waals surface area contributed by atoms with Crippen LogP contribution in [0, 0.1) is 20.8 Å². The molecule has 0 aliphatic rings. The zero-order chi connectivity index (χ0) is 14.9. The monoisotopic (exact) mass is 292 g/mol. The predicted octanol–water partition coefficient (Wildman–Crippen LogP) is 1.91. The number of aliphatic carboxylic acids is 1. The van der Waals surface area contributed by atoms with Gasteiger partial charge in [-0.1, -0.05) is 0 Å². The Kier molecular flexibility index (Phi) is 4.04. The lowest BCUT2D eigenvalue weighted by atomic mass is 10.1. The summed E-state index contributed by atoms with van der Waals surface area (Å²) in [6.07, 6.45) is -0.117. The van der Waals surface area contributed by atoms with Crippen molar-refractivity contribution in [2.24, 2.45) is 0 Å². The number of rotatable bonds is 4. The van der Waals surface area contributed by atoms with Gasteiger partial charge in [-0.15, -0.1) is 0 Å². The fourth-order valence-electron chi connectivity index (χ4n) is 2.15. The Labute approximate surface area is 120 Å². The van der Waals surface area contributed by atoms with Crippen molar-refractivity contribution in [1.29, 1.82) is 0 Å². The van der Waals surface area contributed by atoms with E-state index in [-0.39, 0.29) is 12.1 Å². The molecule has 0 spiro atoms. The molecule has 0 fully saturated rings. The number of carboxylic acid groups (broad SMARTS) is 1. The third-order valence-electron chi connectivity index (χ3n) is 3.39. The summed E-state index contributed by atoms with van der Waals surface area (Å²) in [6.45, 7) is 5.87. The van der Waals surface area contributed by atoms with Gasteiger partial charge in [0, 0.05) is 17.0 Å². The highest BCUT2D eigenvalue weighted by molar-refractivity contribution is 7.08. The number of thiophene rings is 1. The number of nitrogens with zero attached hydrogens (tertiary/aromatic N) is 2. The third-order valence-corrected chi connectivity index (χ3v) is 4.30. The molecule has 2 rings (SSSR count). The second kappa shape index (κ2) is 5.58. The molecule has 0 saturated carbocycles. The molecule has 0 bridgehead atoms. The van der Waals surface area contributed by atoms with Gasteiger partial charge in [0.05, 0.1) is 13.0 Å². The number of carbonyl (C=O) groups is 1. The molecule has 0 radical (unpaired) electrons. The van der Waals surface area contributed by atoms with Crippen molar-refractivity contribution < 1.29 is 9.90 Å². The first-order valence-corrected chi connectivity index (χ1v) is 7.14. The fourth-order valence-corrected chi connectivity index (χ4v) is 3.00. The molecule has 2 heterocycles. The largest absolute Gasteiger partial charge is 0.481 e. The van der Waals surface area contributed by atoms with Gasteiger partial charge in [-0.25, -0.2) is 4.79 Å². The first-order chi connectivity index (χ1) is 9.40. The summed E-state index contributed by atoms with van der Waals surface area (Å²) in [7, 11) is 0. The summed E-state index contributed by atoms with van der Waals surface area (Å²) in [6, 6.07) is 0. The van der Waals surface area contributed by atoms with Gasteiger partial charge >= 0.3 is 11.7 Å². The molecule has 106 valence electrons. The van der Waals surface area contributed by atoms with Gasteiger partial charge in [-0.3, -0.25) is 9.36 Å². The first kappa shape index (κ1) is 14.5. The Bertz CT molecular complexity index is 716. The van der Waals surface area contributed by atoms with Crippen LogP contribution in [0.5, 0.6) is 0 Å². The zero-order valence-electron chi connectivity index (χ0n) is 11.6. The van der Waals surface area contributed by atoms with Gasteiger partial charge in [0.15, 0.2) is 0 Å². The lowest BCUT2D eigenvalue weighted by molar-refractivity contribution is -0.136. The highest BCUT2D eigenvalue weighted by atomic mass is 32.1. The van der Waals surface area contributed by atoms with Gasteiger partial charge in [0.25, 0.3) is 0 Å². The van der Waals surface area contributed by atoms with Crippen LogP contribution < -0.4 is 5.69 Å². The van der Waals surface area contributed by atoms with E-state index in [1.165, 1.54) is 0 Å². The summed E-state index contributed by atoms with van der Waals surface area (Å²) in [5, 5.41) is 13.0. The van der Waals surface area contributed by atoms with E-state index in [0.717, 1.165) is 11.1 Å². The van der Waals surface area contributed by atoms with Crippen LogP contribution in [0.25, 0.3) is 0 Å². The molecule has 0 unspecified atom stereocenters. The highest BCUT2D eigenvalue weighted by Crippen LogP contribution is 2.17. The normalized spacial score (nSPS) is 10.8. The second-order valence-electron chi connectivity index (χ2n) is 4.78. The van der Waals surface area contributed by atoms with Crippen molar-refractivity contribution in [3.8, 4) is 0 Å². The lowest BCUT2D eigenvalue weighted by Gasteiger charge is -2.14. The average molecular weight is 292 g/mol. The van der Waals surface area contributed by atoms with Crippen molar-refractivity contribution in [2.45, 2.75) is 33.7 Å². The van der Waals surface area contributed by atoms with Crippen LogP contribution in [0.2, 0.25) is 0 Å². The van der Waals surface area contributed by atoms with E-state index in [0.29, 0.717) is 23.5 Å². The summed E-state index contributed by atoms with van der Waals surface area (Å²) in [4.78, 5) is 26.9. The van der Waals surface area contributed by atoms with Crippen molar-refractivity contribution in [2.75, 3.05) is 0 Å². The quantitative estimate of drug-likeness (QED) is 0.934. The topological polar surface area (TPSA) is 72.2 Å². The average Bonchev–Trinajstić information content (AvgIpc) is 2.75. The van der Waals surface area contributed by atoms with Gasteiger partial charge in [0.2, 0.25) is 0 Å². The fraction of sp³-hybridized carbons (Fsp3) is 0.357. The van der Waals surface area contributed by atoms with Crippen molar-refractivity contribution in [3.05, 3.63) is 49.3 Å². The van der Waals surface area contributed by atoms with Crippen LogP contribution in [0.4, 0.5) is 0 Å². The maximum atomic E-state index is 12.0. The van der Waals surface area contributed by atoms with Gasteiger partial charge in [-0.05, 0) is 42.7 Å². The second-order valence-corrected chi connectivity index (χ2v) is 5.52. The van der Waals surface area contributed by atoms with E-state index in [1.54, 1.807) is 29.8 Å². The van der Waals surface area contributed by atoms with Crippen molar-refractivity contribution in [3.63, 3.8) is 0 Å². The van der Waals surface area contributed by atoms with E-state index in [2.05, 4.69) is 4.98 Å².